The zero-order chi connectivity index (χ0) is 18.4. The number of aromatic nitrogens is 1. The van der Waals surface area contributed by atoms with Gasteiger partial charge in [0.05, 0.1) is 12.1 Å². The van der Waals surface area contributed by atoms with Gasteiger partial charge in [-0.25, -0.2) is 9.37 Å². The van der Waals surface area contributed by atoms with E-state index < -0.39 is 0 Å². The van der Waals surface area contributed by atoms with Gasteiger partial charge in [-0.2, -0.15) is 0 Å². The lowest BCUT2D eigenvalue weighted by Crippen LogP contribution is -2.45. The Balaban J connectivity index is 1.55. The van der Waals surface area contributed by atoms with Crippen LogP contribution < -0.4 is 5.32 Å². The molecule has 4 nitrogen and oxygen atoms in total. The number of likely N-dealkylation sites (tertiary alicyclic amines) is 1. The molecule has 1 aromatic heterocycles. The second kappa shape index (κ2) is 9.24. The molecule has 1 N–H and O–H groups in total. The van der Waals surface area contributed by atoms with E-state index in [2.05, 4.69) is 22.1 Å². The summed E-state index contributed by atoms with van der Waals surface area (Å²) in [5.74, 6) is -0.301. The molecule has 1 fully saturated rings. The summed E-state index contributed by atoms with van der Waals surface area (Å²) in [6.45, 7) is 5.28. The lowest BCUT2D eigenvalue weighted by Gasteiger charge is -2.30. The normalized spacial score (nSPS) is 16.4. The quantitative estimate of drug-likeness (QED) is 0.799. The molecule has 140 valence electrons. The van der Waals surface area contributed by atoms with Crippen LogP contribution in [0.15, 0.2) is 29.6 Å². The van der Waals surface area contributed by atoms with E-state index >= 15 is 0 Å². The van der Waals surface area contributed by atoms with Crippen LogP contribution in [-0.2, 0) is 11.2 Å². The maximum atomic E-state index is 13.9. The van der Waals surface area contributed by atoms with Crippen LogP contribution in [0.1, 0.15) is 38.3 Å². The fourth-order valence-electron chi connectivity index (χ4n) is 3.32. The van der Waals surface area contributed by atoms with Gasteiger partial charge in [0.15, 0.2) is 0 Å². The van der Waals surface area contributed by atoms with E-state index in [-0.39, 0.29) is 24.2 Å². The molecule has 0 unspecified atom stereocenters. The van der Waals surface area contributed by atoms with Gasteiger partial charge in [0.25, 0.3) is 0 Å². The van der Waals surface area contributed by atoms with Crippen molar-refractivity contribution >= 4 is 17.2 Å². The molecule has 1 aromatic carbocycles. The fraction of sp³-hybridized carbons (Fsp3) is 0.500. The maximum absolute atomic E-state index is 13.9. The molecule has 3 rings (SSSR count). The van der Waals surface area contributed by atoms with Crippen molar-refractivity contribution in [3.05, 3.63) is 41.2 Å². The molecule has 1 atom stereocenters. The summed E-state index contributed by atoms with van der Waals surface area (Å²) in [6, 6.07) is 6.76. The average Bonchev–Trinajstić information content (AvgIpc) is 3.10. The van der Waals surface area contributed by atoms with Crippen LogP contribution in [0.25, 0.3) is 10.6 Å². The number of hydrogen-bond acceptors (Lipinski definition) is 4. The Morgan fingerprint density at radius 3 is 2.81 bits per heavy atom. The van der Waals surface area contributed by atoms with Crippen molar-refractivity contribution < 1.29 is 9.18 Å². The SMILES string of the molecule is CC[C@@H](CN1CCCCC1)NC(=O)Cc1csc(-c2ccccc2F)n1. The third kappa shape index (κ3) is 5.11. The Morgan fingerprint density at radius 1 is 1.31 bits per heavy atom. The van der Waals surface area contributed by atoms with E-state index in [1.807, 2.05) is 5.38 Å². The van der Waals surface area contributed by atoms with Crippen LogP contribution >= 0.6 is 11.3 Å². The number of halogens is 1. The highest BCUT2D eigenvalue weighted by atomic mass is 32.1. The molecule has 1 aliphatic rings. The minimum absolute atomic E-state index is 0.0146. The summed E-state index contributed by atoms with van der Waals surface area (Å²) in [5, 5.41) is 5.59. The van der Waals surface area contributed by atoms with Crippen LogP contribution in [0.2, 0.25) is 0 Å². The van der Waals surface area contributed by atoms with Gasteiger partial charge < -0.3 is 10.2 Å². The minimum Gasteiger partial charge on any atom is -0.352 e. The van der Waals surface area contributed by atoms with Gasteiger partial charge in [0.1, 0.15) is 10.8 Å². The number of hydrogen-bond donors (Lipinski definition) is 1. The lowest BCUT2D eigenvalue weighted by molar-refractivity contribution is -0.121. The van der Waals surface area contributed by atoms with E-state index in [0.717, 1.165) is 26.1 Å². The zero-order valence-electron chi connectivity index (χ0n) is 15.2. The van der Waals surface area contributed by atoms with E-state index in [1.54, 1.807) is 18.2 Å². The summed E-state index contributed by atoms with van der Waals surface area (Å²) in [6.07, 6.45) is 4.97. The first-order valence-corrected chi connectivity index (χ1v) is 10.2. The van der Waals surface area contributed by atoms with Crippen molar-refractivity contribution in [1.29, 1.82) is 0 Å². The smallest absolute Gasteiger partial charge is 0.226 e. The van der Waals surface area contributed by atoms with Crippen molar-refractivity contribution in [3.63, 3.8) is 0 Å². The summed E-state index contributed by atoms with van der Waals surface area (Å²) in [5.41, 5.74) is 1.18. The highest BCUT2D eigenvalue weighted by Gasteiger charge is 2.18. The van der Waals surface area contributed by atoms with Crippen molar-refractivity contribution in [3.8, 4) is 10.6 Å². The molecule has 1 amide bonds. The second-order valence-corrected chi connectivity index (χ2v) is 7.69. The predicted molar refractivity (Wildman–Crippen MR) is 104 cm³/mol. The third-order valence-corrected chi connectivity index (χ3v) is 5.71. The molecule has 0 spiro atoms. The molecule has 26 heavy (non-hydrogen) atoms. The van der Waals surface area contributed by atoms with Gasteiger partial charge >= 0.3 is 0 Å². The summed E-state index contributed by atoms with van der Waals surface area (Å²) >= 11 is 1.37. The monoisotopic (exact) mass is 375 g/mol. The number of rotatable bonds is 7. The first kappa shape index (κ1) is 19.0. The Morgan fingerprint density at radius 2 is 2.08 bits per heavy atom. The lowest BCUT2D eigenvalue weighted by atomic mass is 10.1. The number of nitrogens with zero attached hydrogens (tertiary/aromatic N) is 2. The Hall–Kier alpha value is -1.79. The first-order valence-electron chi connectivity index (χ1n) is 9.36. The standard InChI is InChI=1S/C20H26FN3OS/c1-2-15(13-24-10-6-3-7-11-24)22-19(25)12-16-14-26-20(23-16)17-8-4-5-9-18(17)21/h4-5,8-9,14-15H,2-3,6-7,10-13H2,1H3,(H,22,25)/t15-/m0/s1. The number of piperidine rings is 1. The number of carbonyl (C=O) groups is 1. The van der Waals surface area contributed by atoms with Gasteiger partial charge in [0, 0.05) is 23.5 Å². The van der Waals surface area contributed by atoms with Gasteiger partial charge in [0.2, 0.25) is 5.91 Å². The summed E-state index contributed by atoms with van der Waals surface area (Å²) in [7, 11) is 0. The number of amides is 1. The molecule has 0 bridgehead atoms. The van der Waals surface area contributed by atoms with E-state index in [1.165, 1.54) is 36.7 Å². The van der Waals surface area contributed by atoms with Crippen LogP contribution in [0.3, 0.4) is 0 Å². The highest BCUT2D eigenvalue weighted by molar-refractivity contribution is 7.13. The largest absolute Gasteiger partial charge is 0.352 e. The van der Waals surface area contributed by atoms with E-state index in [0.29, 0.717) is 16.3 Å². The molecular weight excluding hydrogens is 349 g/mol. The van der Waals surface area contributed by atoms with Gasteiger partial charge in [-0.3, -0.25) is 4.79 Å². The van der Waals surface area contributed by atoms with E-state index in [9.17, 15) is 9.18 Å². The van der Waals surface area contributed by atoms with Gasteiger partial charge in [-0.15, -0.1) is 11.3 Å². The van der Waals surface area contributed by atoms with Crippen LogP contribution in [0.5, 0.6) is 0 Å². The van der Waals surface area contributed by atoms with Crippen LogP contribution in [-0.4, -0.2) is 41.5 Å². The summed E-state index contributed by atoms with van der Waals surface area (Å²) in [4.78, 5) is 19.3. The number of nitrogens with one attached hydrogen (secondary N) is 1. The molecular formula is C20H26FN3OS. The second-order valence-electron chi connectivity index (χ2n) is 6.83. The number of thiazole rings is 1. The maximum Gasteiger partial charge on any atom is 0.226 e. The van der Waals surface area contributed by atoms with Crippen LogP contribution in [0.4, 0.5) is 4.39 Å². The number of benzene rings is 1. The van der Waals surface area contributed by atoms with Crippen LogP contribution in [0, 0.1) is 5.82 Å². The van der Waals surface area contributed by atoms with Crippen molar-refractivity contribution in [2.45, 2.75) is 45.1 Å². The Kier molecular flexibility index (Phi) is 6.74. The molecule has 6 heteroatoms. The fourth-order valence-corrected chi connectivity index (χ4v) is 4.17. The van der Waals surface area contributed by atoms with Crippen molar-refractivity contribution in [2.24, 2.45) is 0 Å². The highest BCUT2D eigenvalue weighted by Crippen LogP contribution is 2.26. The molecule has 2 aromatic rings. The Bertz CT molecular complexity index is 727. The molecule has 1 saturated heterocycles. The molecule has 2 heterocycles. The Labute approximate surface area is 158 Å². The topological polar surface area (TPSA) is 45.2 Å². The van der Waals surface area contributed by atoms with Gasteiger partial charge in [-0.05, 0) is 44.5 Å². The number of carbonyl (C=O) groups excluding carboxylic acids is 1. The van der Waals surface area contributed by atoms with E-state index in [4.69, 9.17) is 0 Å². The molecule has 0 saturated carbocycles. The zero-order valence-corrected chi connectivity index (χ0v) is 16.0. The first-order chi connectivity index (χ1) is 12.7. The third-order valence-electron chi connectivity index (χ3n) is 4.78. The average molecular weight is 376 g/mol. The van der Waals surface area contributed by atoms with Crippen molar-refractivity contribution in [2.75, 3.05) is 19.6 Å². The summed E-state index contributed by atoms with van der Waals surface area (Å²) < 4.78 is 13.9. The molecule has 0 radical (unpaired) electrons. The predicted octanol–water partition coefficient (Wildman–Crippen LogP) is 3.87. The molecule has 1 aliphatic heterocycles. The minimum atomic E-state index is -0.287. The van der Waals surface area contributed by atoms with Gasteiger partial charge in [-0.1, -0.05) is 25.5 Å². The molecule has 0 aliphatic carbocycles. The van der Waals surface area contributed by atoms with Crippen molar-refractivity contribution in [1.82, 2.24) is 15.2 Å².